The maximum Gasteiger partial charge on any atom is 0.411 e. The lowest BCUT2D eigenvalue weighted by Crippen LogP contribution is -2.44. The lowest BCUT2D eigenvalue weighted by molar-refractivity contribution is -0.145. The fourth-order valence-electron chi connectivity index (χ4n) is 4.49. The van der Waals surface area contributed by atoms with Gasteiger partial charge in [0.25, 0.3) is 0 Å². The Bertz CT molecular complexity index is 1280. The van der Waals surface area contributed by atoms with Gasteiger partial charge < -0.3 is 15.2 Å². The monoisotopic (exact) mass is 592 g/mol. The molecule has 1 saturated heterocycles. The summed E-state index contributed by atoms with van der Waals surface area (Å²) in [7, 11) is 1.26. The van der Waals surface area contributed by atoms with Gasteiger partial charge >= 0.3 is 12.1 Å². The standard InChI is InChI=1S/C25H30BrFN6O5/c1-12-20-18(31-23(28)29-12)10-17(15-7-6-13(27)8-16(15)26)30-21(20)32-38-14-9-19(22(34)36-5)33(11-14)24(35)37-25(2,3)4/h6-8,14,17,19H,9-11H2,1-5H3,(H,30,32)(H2,28,29,31)/t14?,17-,19?/m1/s1. The van der Waals surface area contributed by atoms with Gasteiger partial charge in [0.05, 0.1) is 36.6 Å². The summed E-state index contributed by atoms with van der Waals surface area (Å²) in [4.78, 5) is 45.9. The summed E-state index contributed by atoms with van der Waals surface area (Å²) in [6.07, 6.45) is -0.618. The number of carbonyl (C=O) groups is 2. The van der Waals surface area contributed by atoms with E-state index in [1.54, 1.807) is 33.8 Å². The first-order chi connectivity index (χ1) is 17.9. The minimum absolute atomic E-state index is 0.0893. The van der Waals surface area contributed by atoms with E-state index in [0.29, 0.717) is 33.7 Å². The van der Waals surface area contributed by atoms with E-state index in [4.69, 9.17) is 25.0 Å². The number of nitrogens with one attached hydrogen (secondary N) is 1. The molecular formula is C25H30BrFN6O5. The number of nitrogens with two attached hydrogens (primary N) is 1. The number of halogens is 2. The zero-order chi connectivity index (χ0) is 27.8. The van der Waals surface area contributed by atoms with Crippen LogP contribution in [0, 0.1) is 12.7 Å². The van der Waals surface area contributed by atoms with Crippen molar-refractivity contribution in [3.63, 3.8) is 0 Å². The highest BCUT2D eigenvalue weighted by Gasteiger charge is 2.43. The molecule has 2 unspecified atom stereocenters. The summed E-state index contributed by atoms with van der Waals surface area (Å²) in [5, 5.41) is 0. The Labute approximate surface area is 228 Å². The molecule has 1 aromatic carbocycles. The van der Waals surface area contributed by atoms with Gasteiger partial charge in [-0.05, 0) is 45.4 Å². The third-order valence-corrected chi connectivity index (χ3v) is 6.79. The van der Waals surface area contributed by atoms with Gasteiger partial charge in [0.1, 0.15) is 23.6 Å². The second kappa shape index (κ2) is 10.8. The van der Waals surface area contributed by atoms with E-state index in [0.717, 1.165) is 5.56 Å². The molecule has 2 aromatic rings. The van der Waals surface area contributed by atoms with Crippen LogP contribution in [0.4, 0.5) is 15.1 Å². The van der Waals surface area contributed by atoms with Gasteiger partial charge in [0.2, 0.25) is 5.95 Å². The fourth-order valence-corrected chi connectivity index (χ4v) is 5.11. The van der Waals surface area contributed by atoms with Crippen LogP contribution in [0.1, 0.15) is 55.7 Å². The number of methoxy groups -OCH3 is 1. The van der Waals surface area contributed by atoms with Gasteiger partial charge in [-0.2, -0.15) is 0 Å². The number of likely N-dealkylation sites (tertiary alicyclic amines) is 1. The molecule has 2 aliphatic rings. The average molecular weight is 593 g/mol. The minimum atomic E-state index is -0.866. The number of amidine groups is 1. The van der Waals surface area contributed by atoms with Crippen LogP contribution in [0.3, 0.4) is 0 Å². The predicted octanol–water partition coefficient (Wildman–Crippen LogP) is 3.39. The number of aliphatic imine (C=N–C) groups is 1. The van der Waals surface area contributed by atoms with Crippen molar-refractivity contribution in [2.75, 3.05) is 19.4 Å². The van der Waals surface area contributed by atoms with Crippen molar-refractivity contribution in [2.45, 2.75) is 64.3 Å². The van der Waals surface area contributed by atoms with Gasteiger partial charge in [0.15, 0.2) is 5.84 Å². The number of hydrogen-bond acceptors (Lipinski definition) is 10. The highest BCUT2D eigenvalue weighted by molar-refractivity contribution is 9.10. The lowest BCUT2D eigenvalue weighted by Gasteiger charge is -2.27. The zero-order valence-corrected chi connectivity index (χ0v) is 23.3. The number of esters is 1. The number of amides is 1. The number of nitrogens with zero attached hydrogens (tertiary/aromatic N) is 4. The molecule has 1 fully saturated rings. The summed E-state index contributed by atoms with van der Waals surface area (Å²) in [5.74, 6) is -0.454. The number of ether oxygens (including phenoxy) is 2. The van der Waals surface area contributed by atoms with Crippen LogP contribution in [0.2, 0.25) is 0 Å². The van der Waals surface area contributed by atoms with Crippen molar-refractivity contribution in [3.05, 3.63) is 51.0 Å². The molecule has 0 saturated carbocycles. The van der Waals surface area contributed by atoms with E-state index >= 15 is 0 Å². The van der Waals surface area contributed by atoms with Gasteiger partial charge in [-0.15, -0.1) is 0 Å². The maximum atomic E-state index is 13.7. The van der Waals surface area contributed by atoms with Gasteiger partial charge in [-0.25, -0.2) is 29.4 Å². The molecule has 0 radical (unpaired) electrons. The summed E-state index contributed by atoms with van der Waals surface area (Å²) in [5.41, 5.74) is 10.7. The van der Waals surface area contributed by atoms with E-state index in [9.17, 15) is 14.0 Å². The van der Waals surface area contributed by atoms with E-state index in [-0.39, 0.29) is 24.7 Å². The number of anilines is 1. The highest BCUT2D eigenvalue weighted by atomic mass is 79.9. The van der Waals surface area contributed by atoms with Gasteiger partial charge in [-0.1, -0.05) is 22.0 Å². The van der Waals surface area contributed by atoms with E-state index < -0.39 is 35.9 Å². The fraction of sp³-hybridized carbons (Fsp3) is 0.480. The third kappa shape index (κ3) is 6.04. The molecule has 0 aliphatic carbocycles. The highest BCUT2D eigenvalue weighted by Crippen LogP contribution is 2.34. The van der Waals surface area contributed by atoms with E-state index in [2.05, 4.69) is 31.4 Å². The SMILES string of the molecule is COC(=O)C1CC(ONC2=N[C@@H](c3ccc(F)cc3Br)Cc3nc(N)nc(C)c32)CN1C(=O)OC(C)(C)C. The second-order valence-corrected chi connectivity index (χ2v) is 11.0. The second-order valence-electron chi connectivity index (χ2n) is 10.1. The molecule has 3 N–H and O–H groups in total. The molecule has 204 valence electrons. The first kappa shape index (κ1) is 27.7. The normalized spacial score (nSPS) is 21.0. The van der Waals surface area contributed by atoms with Crippen molar-refractivity contribution in [1.82, 2.24) is 20.3 Å². The van der Waals surface area contributed by atoms with Crippen LogP contribution in [0.15, 0.2) is 27.7 Å². The lowest BCUT2D eigenvalue weighted by atomic mass is 9.95. The van der Waals surface area contributed by atoms with Crippen LogP contribution in [0.5, 0.6) is 0 Å². The van der Waals surface area contributed by atoms with E-state index in [1.165, 1.54) is 24.1 Å². The number of hydrogen-bond donors (Lipinski definition) is 2. The largest absolute Gasteiger partial charge is 0.467 e. The number of benzene rings is 1. The predicted molar refractivity (Wildman–Crippen MR) is 140 cm³/mol. The molecule has 1 amide bonds. The molecule has 13 heteroatoms. The van der Waals surface area contributed by atoms with Crippen LogP contribution < -0.4 is 11.2 Å². The molecule has 11 nitrogen and oxygen atoms in total. The van der Waals surface area contributed by atoms with Crippen LogP contribution in [-0.4, -0.2) is 64.2 Å². The molecule has 3 heterocycles. The first-order valence-corrected chi connectivity index (χ1v) is 12.8. The Kier molecular flexibility index (Phi) is 7.88. The van der Waals surface area contributed by atoms with Gasteiger partial charge in [-0.3, -0.25) is 14.7 Å². The average Bonchev–Trinajstić information content (AvgIpc) is 3.25. The number of aromatic nitrogens is 2. The molecule has 2 aliphatic heterocycles. The van der Waals surface area contributed by atoms with Crippen LogP contribution in [-0.2, 0) is 25.5 Å². The molecule has 4 rings (SSSR count). The molecular weight excluding hydrogens is 563 g/mol. The van der Waals surface area contributed by atoms with E-state index in [1.807, 2.05) is 0 Å². The number of rotatable bonds is 4. The minimum Gasteiger partial charge on any atom is -0.467 e. The Morgan fingerprint density at radius 2 is 2.00 bits per heavy atom. The quantitative estimate of drug-likeness (QED) is 0.403. The maximum absolute atomic E-state index is 13.7. The van der Waals surface area contributed by atoms with Crippen LogP contribution in [0.25, 0.3) is 0 Å². The van der Waals surface area contributed by atoms with Crippen LogP contribution >= 0.6 is 15.9 Å². The number of nitrogen functional groups attached to an aromatic ring is 1. The summed E-state index contributed by atoms with van der Waals surface area (Å²) in [6.45, 7) is 7.11. The molecule has 3 atom stereocenters. The third-order valence-electron chi connectivity index (χ3n) is 6.10. The number of hydroxylamine groups is 1. The number of fused-ring (bicyclic) bond motifs is 1. The number of aryl methyl sites for hydroxylation is 1. The Morgan fingerprint density at radius 1 is 1.26 bits per heavy atom. The van der Waals surface area contributed by atoms with Gasteiger partial charge in [0, 0.05) is 17.3 Å². The van der Waals surface area contributed by atoms with Crippen molar-refractivity contribution in [1.29, 1.82) is 0 Å². The molecule has 0 bridgehead atoms. The summed E-state index contributed by atoms with van der Waals surface area (Å²) >= 11 is 3.42. The van der Waals surface area contributed by atoms with Crippen molar-refractivity contribution in [2.24, 2.45) is 4.99 Å². The van der Waals surface area contributed by atoms with Crippen molar-refractivity contribution in [3.8, 4) is 0 Å². The Morgan fingerprint density at radius 3 is 2.66 bits per heavy atom. The Hall–Kier alpha value is -3.32. The molecule has 0 spiro atoms. The molecule has 1 aromatic heterocycles. The van der Waals surface area contributed by atoms with Crippen molar-refractivity contribution >= 4 is 39.8 Å². The topological polar surface area (TPSA) is 141 Å². The Balaban J connectivity index is 1.59. The summed E-state index contributed by atoms with van der Waals surface area (Å²) in [6, 6.07) is 3.12. The molecule has 38 heavy (non-hydrogen) atoms. The first-order valence-electron chi connectivity index (χ1n) is 12.0. The number of carbonyl (C=O) groups excluding carboxylic acids is 2. The summed E-state index contributed by atoms with van der Waals surface area (Å²) < 4.78 is 24.6. The zero-order valence-electron chi connectivity index (χ0n) is 21.7. The van der Waals surface area contributed by atoms with Crippen molar-refractivity contribution < 1.29 is 28.3 Å². The smallest absolute Gasteiger partial charge is 0.411 e.